The van der Waals surface area contributed by atoms with Gasteiger partial charge < -0.3 is 10.1 Å². The van der Waals surface area contributed by atoms with E-state index in [0.717, 1.165) is 25.2 Å². The molecule has 21 heavy (non-hydrogen) atoms. The molecule has 0 aliphatic heterocycles. The standard InChI is InChI=1S/C16H22N4O/c1-21-10-9-17-11-14-12-20(19-18-14)16-8-4-6-13-5-2-3-7-15(13)16/h4,6,8,12,17H,2-3,5,7,9-11H2,1H3. The van der Waals surface area contributed by atoms with Gasteiger partial charge in [0.1, 0.15) is 0 Å². The van der Waals surface area contributed by atoms with Crippen LogP contribution in [-0.4, -0.2) is 35.3 Å². The van der Waals surface area contributed by atoms with Gasteiger partial charge in [0.15, 0.2) is 0 Å². The van der Waals surface area contributed by atoms with E-state index in [1.807, 2.05) is 10.9 Å². The minimum atomic E-state index is 0.709. The van der Waals surface area contributed by atoms with Crippen molar-refractivity contribution in [2.45, 2.75) is 32.2 Å². The Morgan fingerprint density at radius 1 is 1.29 bits per heavy atom. The van der Waals surface area contributed by atoms with Crippen molar-refractivity contribution in [1.29, 1.82) is 0 Å². The second kappa shape index (κ2) is 6.83. The summed E-state index contributed by atoms with van der Waals surface area (Å²) >= 11 is 0. The van der Waals surface area contributed by atoms with Gasteiger partial charge in [0.2, 0.25) is 0 Å². The molecule has 0 radical (unpaired) electrons. The molecule has 1 aliphatic carbocycles. The average molecular weight is 286 g/mol. The molecule has 0 unspecified atom stereocenters. The summed E-state index contributed by atoms with van der Waals surface area (Å²) in [5.74, 6) is 0. The number of ether oxygens (including phenoxy) is 1. The summed E-state index contributed by atoms with van der Waals surface area (Å²) in [5, 5.41) is 11.8. The predicted molar refractivity (Wildman–Crippen MR) is 81.6 cm³/mol. The molecule has 0 bridgehead atoms. The van der Waals surface area contributed by atoms with Crippen LogP contribution in [0.25, 0.3) is 5.69 Å². The Hall–Kier alpha value is -1.72. The van der Waals surface area contributed by atoms with Crippen LogP contribution >= 0.6 is 0 Å². The van der Waals surface area contributed by atoms with E-state index in [-0.39, 0.29) is 0 Å². The lowest BCUT2D eigenvalue weighted by molar-refractivity contribution is 0.199. The summed E-state index contributed by atoms with van der Waals surface area (Å²) < 4.78 is 6.93. The van der Waals surface area contributed by atoms with Gasteiger partial charge in [-0.15, -0.1) is 5.10 Å². The van der Waals surface area contributed by atoms with E-state index in [1.54, 1.807) is 7.11 Å². The van der Waals surface area contributed by atoms with Crippen LogP contribution in [0.3, 0.4) is 0 Å². The zero-order chi connectivity index (χ0) is 14.5. The highest BCUT2D eigenvalue weighted by Crippen LogP contribution is 2.26. The van der Waals surface area contributed by atoms with Gasteiger partial charge in [-0.1, -0.05) is 17.3 Å². The van der Waals surface area contributed by atoms with E-state index >= 15 is 0 Å². The van der Waals surface area contributed by atoms with E-state index in [4.69, 9.17) is 4.74 Å². The molecule has 112 valence electrons. The second-order valence-corrected chi connectivity index (χ2v) is 5.45. The SMILES string of the molecule is COCCNCc1cn(-c2cccc3c2CCCC3)nn1. The maximum Gasteiger partial charge on any atom is 0.0969 e. The van der Waals surface area contributed by atoms with Gasteiger partial charge in [-0.3, -0.25) is 0 Å². The van der Waals surface area contributed by atoms with Crippen molar-refractivity contribution in [3.05, 3.63) is 41.2 Å². The molecule has 0 saturated carbocycles. The van der Waals surface area contributed by atoms with E-state index < -0.39 is 0 Å². The third-order valence-electron chi connectivity index (χ3n) is 3.95. The number of fused-ring (bicyclic) bond motifs is 1. The van der Waals surface area contributed by atoms with Crippen LogP contribution < -0.4 is 5.32 Å². The average Bonchev–Trinajstić information content (AvgIpc) is 3.00. The van der Waals surface area contributed by atoms with Gasteiger partial charge in [0.05, 0.1) is 24.2 Å². The van der Waals surface area contributed by atoms with Gasteiger partial charge in [-0.2, -0.15) is 0 Å². The fraction of sp³-hybridized carbons (Fsp3) is 0.500. The van der Waals surface area contributed by atoms with E-state index in [2.05, 4.69) is 33.8 Å². The largest absolute Gasteiger partial charge is 0.383 e. The fourth-order valence-electron chi connectivity index (χ4n) is 2.86. The Balaban J connectivity index is 1.74. The minimum Gasteiger partial charge on any atom is -0.383 e. The van der Waals surface area contributed by atoms with Crippen molar-refractivity contribution in [3.8, 4) is 5.69 Å². The molecule has 0 fully saturated rings. The van der Waals surface area contributed by atoms with Crippen molar-refractivity contribution < 1.29 is 4.74 Å². The van der Waals surface area contributed by atoms with Crippen molar-refractivity contribution in [2.75, 3.05) is 20.3 Å². The Bertz CT molecular complexity index is 594. The summed E-state index contributed by atoms with van der Waals surface area (Å²) in [5.41, 5.74) is 5.05. The lowest BCUT2D eigenvalue weighted by Crippen LogP contribution is -2.18. The molecule has 1 aromatic heterocycles. The topological polar surface area (TPSA) is 52.0 Å². The van der Waals surface area contributed by atoms with E-state index in [9.17, 15) is 0 Å². The summed E-state index contributed by atoms with van der Waals surface area (Å²) in [7, 11) is 1.70. The normalized spacial score (nSPS) is 14.1. The highest BCUT2D eigenvalue weighted by atomic mass is 16.5. The number of nitrogens with zero attached hydrogens (tertiary/aromatic N) is 3. The zero-order valence-electron chi connectivity index (χ0n) is 12.5. The van der Waals surface area contributed by atoms with Gasteiger partial charge in [-0.25, -0.2) is 4.68 Å². The molecule has 1 N–H and O–H groups in total. The number of methoxy groups -OCH3 is 1. The lowest BCUT2D eigenvalue weighted by atomic mass is 9.90. The monoisotopic (exact) mass is 286 g/mol. The van der Waals surface area contributed by atoms with Crippen molar-refractivity contribution >= 4 is 0 Å². The van der Waals surface area contributed by atoms with Crippen molar-refractivity contribution in [1.82, 2.24) is 20.3 Å². The highest BCUT2D eigenvalue weighted by molar-refractivity contribution is 5.46. The Morgan fingerprint density at radius 3 is 3.10 bits per heavy atom. The summed E-state index contributed by atoms with van der Waals surface area (Å²) in [6.45, 7) is 2.25. The van der Waals surface area contributed by atoms with Crippen LogP contribution in [0.4, 0.5) is 0 Å². The van der Waals surface area contributed by atoms with E-state index in [0.29, 0.717) is 6.61 Å². The van der Waals surface area contributed by atoms with E-state index in [1.165, 1.54) is 36.1 Å². The molecule has 1 aromatic carbocycles. The number of rotatable bonds is 6. The number of benzene rings is 1. The molecule has 0 spiro atoms. The summed E-state index contributed by atoms with van der Waals surface area (Å²) in [6, 6.07) is 6.50. The van der Waals surface area contributed by atoms with Crippen LogP contribution in [0.1, 0.15) is 29.7 Å². The maximum absolute atomic E-state index is 5.01. The molecule has 1 heterocycles. The summed E-state index contributed by atoms with van der Waals surface area (Å²) in [4.78, 5) is 0. The van der Waals surface area contributed by atoms with Gasteiger partial charge in [0.25, 0.3) is 0 Å². The predicted octanol–water partition coefficient (Wildman–Crippen LogP) is 1.88. The first-order valence-corrected chi connectivity index (χ1v) is 7.60. The molecule has 5 heteroatoms. The maximum atomic E-state index is 5.01. The number of nitrogens with one attached hydrogen (secondary N) is 1. The van der Waals surface area contributed by atoms with Crippen LogP contribution in [0.15, 0.2) is 24.4 Å². The Kier molecular flexibility index (Phi) is 4.62. The second-order valence-electron chi connectivity index (χ2n) is 5.45. The minimum absolute atomic E-state index is 0.709. The summed E-state index contributed by atoms with van der Waals surface area (Å²) in [6.07, 6.45) is 6.91. The fourth-order valence-corrected chi connectivity index (χ4v) is 2.86. The quantitative estimate of drug-likeness (QED) is 0.824. The van der Waals surface area contributed by atoms with Crippen LogP contribution in [-0.2, 0) is 24.1 Å². The molecular formula is C16H22N4O. The first kappa shape index (κ1) is 14.2. The van der Waals surface area contributed by atoms with Crippen LogP contribution in [0.5, 0.6) is 0 Å². The van der Waals surface area contributed by atoms with Crippen molar-refractivity contribution in [2.24, 2.45) is 0 Å². The van der Waals surface area contributed by atoms with Crippen molar-refractivity contribution in [3.63, 3.8) is 0 Å². The van der Waals surface area contributed by atoms with Gasteiger partial charge in [-0.05, 0) is 42.9 Å². The molecule has 0 atom stereocenters. The highest BCUT2D eigenvalue weighted by Gasteiger charge is 2.14. The number of aromatic nitrogens is 3. The molecule has 0 saturated heterocycles. The number of hydrogen-bond acceptors (Lipinski definition) is 4. The lowest BCUT2D eigenvalue weighted by Gasteiger charge is -2.18. The van der Waals surface area contributed by atoms with Gasteiger partial charge in [0, 0.05) is 20.2 Å². The molecule has 3 rings (SSSR count). The van der Waals surface area contributed by atoms with Crippen LogP contribution in [0, 0.1) is 0 Å². The smallest absolute Gasteiger partial charge is 0.0969 e. The third-order valence-corrected chi connectivity index (χ3v) is 3.95. The Labute approximate surface area is 125 Å². The zero-order valence-corrected chi connectivity index (χ0v) is 12.5. The first-order valence-electron chi connectivity index (χ1n) is 7.60. The third kappa shape index (κ3) is 3.31. The number of aryl methyl sites for hydroxylation is 1. The molecule has 1 aliphatic rings. The first-order chi connectivity index (χ1) is 10.4. The number of hydrogen-bond donors (Lipinski definition) is 1. The molecular weight excluding hydrogens is 264 g/mol. The molecule has 2 aromatic rings. The van der Waals surface area contributed by atoms with Gasteiger partial charge >= 0.3 is 0 Å². The molecule has 0 amide bonds. The Morgan fingerprint density at radius 2 is 2.19 bits per heavy atom. The molecule has 5 nitrogen and oxygen atoms in total. The van der Waals surface area contributed by atoms with Crippen LogP contribution in [0.2, 0.25) is 0 Å².